The number of methoxy groups -OCH3 is 1. The van der Waals surface area contributed by atoms with Crippen molar-refractivity contribution < 1.29 is 9.53 Å². The number of nitrogens with one attached hydrogen (secondary N) is 1. The zero-order valence-electron chi connectivity index (χ0n) is 17.4. The van der Waals surface area contributed by atoms with Crippen LogP contribution in [-0.2, 0) is 0 Å². The average molecular weight is 421 g/mol. The molecule has 1 amide bonds. The van der Waals surface area contributed by atoms with E-state index in [1.807, 2.05) is 0 Å². The molecule has 1 fully saturated rings. The van der Waals surface area contributed by atoms with Gasteiger partial charge in [-0.25, -0.2) is 0 Å². The van der Waals surface area contributed by atoms with E-state index >= 15 is 0 Å². The van der Waals surface area contributed by atoms with Gasteiger partial charge in [-0.15, -0.1) is 5.10 Å². The fourth-order valence-corrected chi connectivity index (χ4v) is 4.03. The van der Waals surface area contributed by atoms with Crippen LogP contribution < -0.4 is 10.1 Å². The lowest BCUT2D eigenvalue weighted by atomic mass is 9.94. The van der Waals surface area contributed by atoms with Gasteiger partial charge in [-0.2, -0.15) is 4.68 Å². The molecule has 8 nitrogen and oxygen atoms in total. The minimum absolute atomic E-state index is 0.206. The molecule has 1 aliphatic heterocycles. The van der Waals surface area contributed by atoms with Crippen molar-refractivity contribution >= 4 is 17.5 Å². The molecule has 1 unspecified atom stereocenters. The number of likely N-dealkylation sites (tertiary alicyclic amines) is 1. The number of aromatic nitrogens is 4. The Bertz CT molecular complexity index is 819. The molecule has 158 valence electrons. The molecule has 1 aliphatic rings. The number of halogens is 1. The Labute approximate surface area is 176 Å². The number of rotatable bonds is 7. The summed E-state index contributed by atoms with van der Waals surface area (Å²) in [5.74, 6) is 1.43. The molecule has 1 atom stereocenters. The van der Waals surface area contributed by atoms with Crippen molar-refractivity contribution in [3.05, 3.63) is 29.0 Å². The molecular formula is C20H29ClN6O2. The molecule has 0 spiro atoms. The second-order valence-corrected chi connectivity index (χ2v) is 8.41. The van der Waals surface area contributed by atoms with Gasteiger partial charge in [0.1, 0.15) is 12.1 Å². The predicted octanol–water partition coefficient (Wildman–Crippen LogP) is 2.81. The van der Waals surface area contributed by atoms with Gasteiger partial charge in [0.15, 0.2) is 0 Å². The first-order valence-corrected chi connectivity index (χ1v) is 10.4. The van der Waals surface area contributed by atoms with Gasteiger partial charge >= 0.3 is 0 Å². The minimum atomic E-state index is -0.206. The number of amides is 1. The minimum Gasteiger partial charge on any atom is -0.496 e. The van der Waals surface area contributed by atoms with E-state index in [1.54, 1.807) is 12.1 Å². The van der Waals surface area contributed by atoms with Crippen LogP contribution in [0.5, 0.6) is 5.75 Å². The van der Waals surface area contributed by atoms with Crippen molar-refractivity contribution in [1.82, 2.24) is 30.4 Å². The summed E-state index contributed by atoms with van der Waals surface area (Å²) in [4.78, 5) is 15.4. The molecule has 0 aliphatic carbocycles. The van der Waals surface area contributed by atoms with Crippen molar-refractivity contribution in [3.8, 4) is 11.4 Å². The topological polar surface area (TPSA) is 85.2 Å². The Morgan fingerprint density at radius 2 is 2.07 bits per heavy atom. The lowest BCUT2D eigenvalue weighted by molar-refractivity contribution is 0.0860. The number of hydrogen-bond donors (Lipinski definition) is 1. The van der Waals surface area contributed by atoms with E-state index in [9.17, 15) is 4.79 Å². The summed E-state index contributed by atoms with van der Waals surface area (Å²) in [5.41, 5.74) is 0.941. The standard InChI is InChI=1S/C20H29ClN6O2/c1-13(2)18(26-7-5-14(3)6-8-26)11-22-20(28)15-9-16(21)17(10-19(15)29-4)27-12-23-24-25-27/h9-10,12-14,18H,5-8,11H2,1-4H3,(H,22,28). The lowest BCUT2D eigenvalue weighted by Gasteiger charge is -2.38. The molecule has 0 radical (unpaired) electrons. The number of carbonyl (C=O) groups is 1. The maximum Gasteiger partial charge on any atom is 0.255 e. The van der Waals surface area contributed by atoms with Crippen LogP contribution in [0.3, 0.4) is 0 Å². The van der Waals surface area contributed by atoms with Gasteiger partial charge in [0, 0.05) is 18.7 Å². The number of benzene rings is 1. The van der Waals surface area contributed by atoms with E-state index in [0.717, 1.165) is 19.0 Å². The quantitative estimate of drug-likeness (QED) is 0.741. The Morgan fingerprint density at radius 3 is 2.66 bits per heavy atom. The van der Waals surface area contributed by atoms with Crippen molar-refractivity contribution in [2.24, 2.45) is 11.8 Å². The van der Waals surface area contributed by atoms with Crippen LogP contribution in [-0.4, -0.2) is 63.8 Å². The zero-order chi connectivity index (χ0) is 21.0. The normalized spacial score (nSPS) is 16.8. The Kier molecular flexibility index (Phi) is 7.08. The van der Waals surface area contributed by atoms with Crippen molar-refractivity contribution in [2.45, 2.75) is 39.7 Å². The highest BCUT2D eigenvalue weighted by Crippen LogP contribution is 2.29. The van der Waals surface area contributed by atoms with Crippen LogP contribution in [0.15, 0.2) is 18.5 Å². The molecule has 0 bridgehead atoms. The molecule has 1 N–H and O–H groups in total. The lowest BCUT2D eigenvalue weighted by Crippen LogP contribution is -2.49. The van der Waals surface area contributed by atoms with Crippen LogP contribution >= 0.6 is 11.6 Å². The number of nitrogens with zero attached hydrogens (tertiary/aromatic N) is 5. The van der Waals surface area contributed by atoms with Crippen LogP contribution in [0.2, 0.25) is 5.02 Å². The molecular weight excluding hydrogens is 392 g/mol. The maximum absolute atomic E-state index is 12.9. The fourth-order valence-electron chi connectivity index (χ4n) is 3.78. The molecule has 9 heteroatoms. The Hall–Kier alpha value is -2.19. The predicted molar refractivity (Wildman–Crippen MR) is 112 cm³/mol. The molecule has 0 saturated carbocycles. The van der Waals surface area contributed by atoms with Crippen molar-refractivity contribution in [3.63, 3.8) is 0 Å². The SMILES string of the molecule is COc1cc(-n2cnnn2)c(Cl)cc1C(=O)NCC(C(C)C)N1CCC(C)CC1. The average Bonchev–Trinajstić information content (AvgIpc) is 3.23. The first-order valence-electron chi connectivity index (χ1n) is 10.0. The summed E-state index contributed by atoms with van der Waals surface area (Å²) in [7, 11) is 1.52. The molecule has 1 aromatic carbocycles. The number of tetrazole rings is 1. The highest BCUT2D eigenvalue weighted by atomic mass is 35.5. The first-order chi connectivity index (χ1) is 13.9. The highest BCUT2D eigenvalue weighted by molar-refractivity contribution is 6.33. The molecule has 1 aromatic heterocycles. The van der Waals surface area contributed by atoms with Gasteiger partial charge in [0.2, 0.25) is 0 Å². The summed E-state index contributed by atoms with van der Waals surface area (Å²) < 4.78 is 6.86. The largest absolute Gasteiger partial charge is 0.496 e. The van der Waals surface area contributed by atoms with Gasteiger partial charge in [0.25, 0.3) is 5.91 Å². The van der Waals surface area contributed by atoms with E-state index in [-0.39, 0.29) is 5.91 Å². The monoisotopic (exact) mass is 420 g/mol. The molecule has 2 aromatic rings. The summed E-state index contributed by atoms with van der Waals surface area (Å²) in [6, 6.07) is 3.56. The van der Waals surface area contributed by atoms with Gasteiger partial charge in [-0.1, -0.05) is 32.4 Å². The second kappa shape index (κ2) is 9.54. The summed E-state index contributed by atoms with van der Waals surface area (Å²) in [6.45, 7) is 9.45. The molecule has 29 heavy (non-hydrogen) atoms. The van der Waals surface area contributed by atoms with Gasteiger partial charge in [0.05, 0.1) is 23.4 Å². The van der Waals surface area contributed by atoms with Crippen LogP contribution in [0, 0.1) is 11.8 Å². The van der Waals surface area contributed by atoms with E-state index < -0.39 is 0 Å². The number of piperidine rings is 1. The number of carbonyl (C=O) groups excluding carboxylic acids is 1. The second-order valence-electron chi connectivity index (χ2n) is 8.00. The van der Waals surface area contributed by atoms with E-state index in [2.05, 4.69) is 46.5 Å². The van der Waals surface area contributed by atoms with E-state index in [1.165, 1.54) is 31.0 Å². The van der Waals surface area contributed by atoms with Gasteiger partial charge in [-0.05, 0) is 54.3 Å². The fraction of sp³-hybridized carbons (Fsp3) is 0.600. The van der Waals surface area contributed by atoms with Crippen LogP contribution in [0.25, 0.3) is 5.69 Å². The van der Waals surface area contributed by atoms with Crippen LogP contribution in [0.4, 0.5) is 0 Å². The maximum atomic E-state index is 12.9. The van der Waals surface area contributed by atoms with Crippen LogP contribution in [0.1, 0.15) is 44.0 Å². The van der Waals surface area contributed by atoms with Gasteiger partial charge in [-0.3, -0.25) is 9.69 Å². The zero-order valence-corrected chi connectivity index (χ0v) is 18.2. The van der Waals surface area contributed by atoms with E-state index in [4.69, 9.17) is 16.3 Å². The molecule has 1 saturated heterocycles. The van der Waals surface area contributed by atoms with Gasteiger partial charge < -0.3 is 10.1 Å². The first kappa shape index (κ1) is 21.5. The molecule has 2 heterocycles. The van der Waals surface area contributed by atoms with E-state index in [0.29, 0.717) is 40.5 Å². The Balaban J connectivity index is 1.73. The Morgan fingerprint density at radius 1 is 1.34 bits per heavy atom. The number of ether oxygens (including phenoxy) is 1. The van der Waals surface area contributed by atoms with Crippen molar-refractivity contribution in [1.29, 1.82) is 0 Å². The number of hydrogen-bond acceptors (Lipinski definition) is 6. The third-order valence-corrected chi connectivity index (χ3v) is 5.94. The summed E-state index contributed by atoms with van der Waals surface area (Å²) in [6.07, 6.45) is 3.85. The van der Waals surface area contributed by atoms with Crippen molar-refractivity contribution in [2.75, 3.05) is 26.7 Å². The summed E-state index contributed by atoms with van der Waals surface area (Å²) in [5, 5.41) is 14.5. The summed E-state index contributed by atoms with van der Waals surface area (Å²) >= 11 is 6.38. The third kappa shape index (κ3) is 5.05. The smallest absolute Gasteiger partial charge is 0.255 e. The third-order valence-electron chi connectivity index (χ3n) is 5.64. The highest BCUT2D eigenvalue weighted by Gasteiger charge is 2.26. The molecule has 3 rings (SSSR count).